The van der Waals surface area contributed by atoms with Gasteiger partial charge in [0.15, 0.2) is 0 Å². The van der Waals surface area contributed by atoms with E-state index < -0.39 is 11.9 Å². The van der Waals surface area contributed by atoms with Crippen LogP contribution in [0.15, 0.2) is 30.3 Å². The molecule has 22 heavy (non-hydrogen) atoms. The molecule has 0 bridgehead atoms. The topological polar surface area (TPSA) is 78.4 Å². The molecule has 0 aliphatic carbocycles. The van der Waals surface area contributed by atoms with Crippen molar-refractivity contribution in [2.75, 3.05) is 5.43 Å². The second-order valence-corrected chi connectivity index (χ2v) is 6.14. The van der Waals surface area contributed by atoms with Gasteiger partial charge in [0.1, 0.15) is 0 Å². The lowest BCUT2D eigenvalue weighted by atomic mass is 9.85. The molecule has 1 rings (SSSR count). The molecule has 0 unspecified atom stereocenters. The van der Waals surface area contributed by atoms with Gasteiger partial charge in [-0.25, -0.2) is 0 Å². The molecule has 0 aliphatic rings. The van der Waals surface area contributed by atoms with Crippen molar-refractivity contribution in [2.45, 2.75) is 40.0 Å². The summed E-state index contributed by atoms with van der Waals surface area (Å²) in [5.74, 6) is -1.24. The molecule has 5 heteroatoms. The minimum absolute atomic E-state index is 0.189. The molecule has 0 saturated carbocycles. The molecule has 0 aromatic heterocycles. The van der Waals surface area contributed by atoms with Crippen molar-refractivity contribution in [1.82, 2.24) is 5.43 Å². The summed E-state index contributed by atoms with van der Waals surface area (Å²) in [6.07, 6.45) is 1.65. The number of hydrogen-bond acceptors (Lipinski definition) is 3. The van der Waals surface area contributed by atoms with Crippen molar-refractivity contribution in [3.05, 3.63) is 30.3 Å². The number of hydrogen-bond donors (Lipinski definition) is 3. The van der Waals surface area contributed by atoms with Gasteiger partial charge in [0.05, 0.1) is 11.6 Å². The highest BCUT2D eigenvalue weighted by molar-refractivity contribution is 5.79. The predicted molar refractivity (Wildman–Crippen MR) is 87.2 cm³/mol. The molecule has 0 aliphatic heterocycles. The lowest BCUT2D eigenvalue weighted by Gasteiger charge is -2.20. The van der Waals surface area contributed by atoms with Crippen LogP contribution in [-0.2, 0) is 9.59 Å². The first-order chi connectivity index (χ1) is 10.4. The van der Waals surface area contributed by atoms with Crippen LogP contribution in [0.3, 0.4) is 0 Å². The average molecular weight is 306 g/mol. The van der Waals surface area contributed by atoms with Crippen LogP contribution in [0.5, 0.6) is 0 Å². The molecule has 0 saturated heterocycles. The lowest BCUT2D eigenvalue weighted by Crippen LogP contribution is -2.33. The Bertz CT molecular complexity index is 474. The van der Waals surface area contributed by atoms with E-state index in [0.717, 1.165) is 12.1 Å². The van der Waals surface area contributed by atoms with E-state index >= 15 is 0 Å². The number of carbonyl (C=O) groups is 2. The van der Waals surface area contributed by atoms with Crippen LogP contribution in [0.2, 0.25) is 0 Å². The molecule has 1 aromatic rings. The second kappa shape index (κ2) is 9.07. The number of nitrogens with one attached hydrogen (secondary N) is 2. The zero-order valence-corrected chi connectivity index (χ0v) is 13.5. The molecule has 0 spiro atoms. The van der Waals surface area contributed by atoms with Crippen molar-refractivity contribution < 1.29 is 14.7 Å². The molecule has 0 fully saturated rings. The van der Waals surface area contributed by atoms with E-state index in [4.69, 9.17) is 0 Å². The van der Waals surface area contributed by atoms with Crippen LogP contribution in [0, 0.1) is 17.8 Å². The number of benzene rings is 1. The summed E-state index contributed by atoms with van der Waals surface area (Å²) < 4.78 is 0. The van der Waals surface area contributed by atoms with Crippen molar-refractivity contribution >= 4 is 17.6 Å². The van der Waals surface area contributed by atoms with Crippen molar-refractivity contribution in [1.29, 1.82) is 0 Å². The Morgan fingerprint density at radius 2 is 1.73 bits per heavy atom. The van der Waals surface area contributed by atoms with E-state index in [-0.39, 0.29) is 18.2 Å². The van der Waals surface area contributed by atoms with Crippen LogP contribution in [0.4, 0.5) is 5.69 Å². The molecule has 2 atom stereocenters. The number of carboxylic acids is 1. The van der Waals surface area contributed by atoms with E-state index in [1.54, 1.807) is 0 Å². The van der Waals surface area contributed by atoms with Crippen LogP contribution < -0.4 is 10.9 Å². The minimum atomic E-state index is -0.822. The van der Waals surface area contributed by atoms with Gasteiger partial charge in [-0.1, -0.05) is 45.4 Å². The Kier molecular flexibility index (Phi) is 7.43. The highest BCUT2D eigenvalue weighted by Crippen LogP contribution is 2.23. The number of carbonyl (C=O) groups excluding carboxylic acids is 1. The van der Waals surface area contributed by atoms with Crippen molar-refractivity contribution in [3.63, 3.8) is 0 Å². The van der Waals surface area contributed by atoms with E-state index in [1.165, 1.54) is 0 Å². The molecule has 0 heterocycles. The SMILES string of the molecule is CC(C)CC[C@@H](C(=O)O)[C@H](C)CC(=O)NNc1ccccc1. The Morgan fingerprint density at radius 3 is 2.27 bits per heavy atom. The number of anilines is 1. The van der Waals surface area contributed by atoms with Crippen LogP contribution in [0.25, 0.3) is 0 Å². The van der Waals surface area contributed by atoms with Gasteiger partial charge in [-0.2, -0.15) is 0 Å². The summed E-state index contributed by atoms with van der Waals surface area (Å²) in [5, 5.41) is 9.33. The molecule has 122 valence electrons. The Labute approximate surface area is 132 Å². The fourth-order valence-electron chi connectivity index (χ4n) is 2.31. The van der Waals surface area contributed by atoms with E-state index in [1.807, 2.05) is 37.3 Å². The first-order valence-corrected chi connectivity index (χ1v) is 7.72. The number of carboxylic acid groups (broad SMARTS) is 1. The third kappa shape index (κ3) is 6.61. The first-order valence-electron chi connectivity index (χ1n) is 7.72. The summed E-state index contributed by atoms with van der Waals surface area (Å²) in [6.45, 7) is 5.96. The average Bonchev–Trinajstić information content (AvgIpc) is 2.45. The first kappa shape index (κ1) is 18.0. The number of amides is 1. The maximum atomic E-state index is 11.9. The molecule has 5 nitrogen and oxygen atoms in total. The molecule has 0 radical (unpaired) electrons. The normalized spacial score (nSPS) is 13.5. The second-order valence-electron chi connectivity index (χ2n) is 6.14. The maximum absolute atomic E-state index is 11.9. The van der Waals surface area contributed by atoms with E-state index in [2.05, 4.69) is 24.7 Å². The van der Waals surface area contributed by atoms with Gasteiger partial charge in [0.25, 0.3) is 0 Å². The van der Waals surface area contributed by atoms with Crippen molar-refractivity contribution in [3.8, 4) is 0 Å². The maximum Gasteiger partial charge on any atom is 0.306 e. The number of aliphatic carboxylic acids is 1. The van der Waals surface area contributed by atoms with Gasteiger partial charge in [0.2, 0.25) is 5.91 Å². The zero-order valence-electron chi connectivity index (χ0n) is 13.5. The minimum Gasteiger partial charge on any atom is -0.481 e. The van der Waals surface area contributed by atoms with Crippen LogP contribution in [0.1, 0.15) is 40.0 Å². The third-order valence-electron chi connectivity index (χ3n) is 3.69. The number of hydrazine groups is 1. The zero-order chi connectivity index (χ0) is 16.5. The number of rotatable bonds is 9. The Balaban J connectivity index is 2.44. The molecule has 3 N–H and O–H groups in total. The van der Waals surface area contributed by atoms with Gasteiger partial charge >= 0.3 is 5.97 Å². The van der Waals surface area contributed by atoms with E-state index in [0.29, 0.717) is 12.3 Å². The molecule has 1 amide bonds. The van der Waals surface area contributed by atoms with Gasteiger partial charge in [-0.3, -0.25) is 20.4 Å². The van der Waals surface area contributed by atoms with Crippen LogP contribution >= 0.6 is 0 Å². The largest absolute Gasteiger partial charge is 0.481 e. The summed E-state index contributed by atoms with van der Waals surface area (Å²) in [7, 11) is 0. The van der Waals surface area contributed by atoms with Gasteiger partial charge < -0.3 is 5.11 Å². The van der Waals surface area contributed by atoms with Gasteiger partial charge in [-0.15, -0.1) is 0 Å². The molecule has 1 aromatic carbocycles. The summed E-state index contributed by atoms with van der Waals surface area (Å²) >= 11 is 0. The van der Waals surface area contributed by atoms with Gasteiger partial charge in [-0.05, 0) is 30.4 Å². The Morgan fingerprint density at radius 1 is 1.09 bits per heavy atom. The summed E-state index contributed by atoms with van der Waals surface area (Å²) in [5.41, 5.74) is 6.22. The fraction of sp³-hybridized carbons (Fsp3) is 0.529. The lowest BCUT2D eigenvalue weighted by molar-refractivity contribution is -0.144. The number of para-hydroxylation sites is 1. The molecular formula is C17H26N2O3. The third-order valence-corrected chi connectivity index (χ3v) is 3.69. The van der Waals surface area contributed by atoms with Crippen LogP contribution in [-0.4, -0.2) is 17.0 Å². The Hall–Kier alpha value is -2.04. The smallest absolute Gasteiger partial charge is 0.306 e. The molecular weight excluding hydrogens is 280 g/mol. The quantitative estimate of drug-likeness (QED) is 0.612. The summed E-state index contributed by atoms with van der Waals surface area (Å²) in [4.78, 5) is 23.3. The highest BCUT2D eigenvalue weighted by atomic mass is 16.4. The highest BCUT2D eigenvalue weighted by Gasteiger charge is 2.26. The monoisotopic (exact) mass is 306 g/mol. The van der Waals surface area contributed by atoms with E-state index in [9.17, 15) is 14.7 Å². The predicted octanol–water partition coefficient (Wildman–Crippen LogP) is 3.29. The van der Waals surface area contributed by atoms with Gasteiger partial charge in [0, 0.05) is 6.42 Å². The summed E-state index contributed by atoms with van der Waals surface area (Å²) in [6, 6.07) is 9.30. The standard InChI is InChI=1S/C17H26N2O3/c1-12(2)9-10-15(17(21)22)13(3)11-16(20)19-18-14-7-5-4-6-8-14/h4-8,12-13,15,18H,9-11H2,1-3H3,(H,19,20)(H,21,22)/t13-,15-/m1/s1. The fourth-order valence-corrected chi connectivity index (χ4v) is 2.31. The van der Waals surface area contributed by atoms with Crippen molar-refractivity contribution in [2.24, 2.45) is 17.8 Å².